The van der Waals surface area contributed by atoms with Crippen molar-refractivity contribution >= 4 is 37.4 Å². The molecular weight excluding hydrogens is 340 g/mol. The normalized spacial score (nSPS) is 15.2. The van der Waals surface area contributed by atoms with E-state index in [0.29, 0.717) is 17.9 Å². The molecule has 0 saturated carbocycles. The van der Waals surface area contributed by atoms with Crippen LogP contribution in [0.15, 0.2) is 22.7 Å². The minimum Gasteiger partial charge on any atom is -0.494 e. The summed E-state index contributed by atoms with van der Waals surface area (Å²) in [6, 6.07) is 5.42. The van der Waals surface area contributed by atoms with Crippen LogP contribution in [0.2, 0.25) is 0 Å². The van der Waals surface area contributed by atoms with Crippen molar-refractivity contribution in [2.45, 2.75) is 24.5 Å². The molecule has 0 aliphatic rings. The molecule has 0 N–H and O–H groups in total. The lowest BCUT2D eigenvalue weighted by molar-refractivity contribution is 0.336. The summed E-state index contributed by atoms with van der Waals surface area (Å²) in [5.41, 5.74) is 0.686. The number of alkyl halides is 1. The van der Waals surface area contributed by atoms with Crippen LogP contribution in [0.25, 0.3) is 0 Å². The Morgan fingerprint density at radius 2 is 2.06 bits per heavy atom. The third kappa shape index (κ3) is 3.87. The van der Waals surface area contributed by atoms with Gasteiger partial charge in [0.15, 0.2) is 9.84 Å². The molecular formula is C12H16BrClO3S. The molecule has 0 fully saturated rings. The van der Waals surface area contributed by atoms with E-state index in [2.05, 4.69) is 15.9 Å². The summed E-state index contributed by atoms with van der Waals surface area (Å²) in [5.74, 6) is 0.621. The summed E-state index contributed by atoms with van der Waals surface area (Å²) in [4.78, 5) is 0. The Hall–Kier alpha value is -0.260. The molecule has 0 spiro atoms. The van der Waals surface area contributed by atoms with E-state index in [1.54, 1.807) is 19.1 Å². The first-order valence-electron chi connectivity index (χ1n) is 5.52. The minimum absolute atomic E-state index is 0.505. The van der Waals surface area contributed by atoms with E-state index in [4.69, 9.17) is 16.3 Å². The molecule has 0 aliphatic heterocycles. The summed E-state index contributed by atoms with van der Waals surface area (Å²) >= 11 is 9.63. The molecule has 0 aromatic heterocycles. The Morgan fingerprint density at radius 1 is 1.44 bits per heavy atom. The van der Waals surface area contributed by atoms with Gasteiger partial charge in [0.1, 0.15) is 5.75 Å². The largest absolute Gasteiger partial charge is 0.494 e. The Morgan fingerprint density at radius 3 is 2.56 bits per heavy atom. The molecule has 102 valence electrons. The second-order valence-electron chi connectivity index (χ2n) is 4.05. The highest BCUT2D eigenvalue weighted by Gasteiger charge is 2.28. The predicted molar refractivity (Wildman–Crippen MR) is 78.2 cm³/mol. The fraction of sp³-hybridized carbons (Fsp3) is 0.500. The third-order valence-corrected chi connectivity index (χ3v) is 5.53. The molecule has 6 heteroatoms. The SMILES string of the molecule is CCOc1ccc(Br)cc1C(Cl)C(C)S(C)(=O)=O. The van der Waals surface area contributed by atoms with Crippen molar-refractivity contribution in [1.82, 2.24) is 0 Å². The van der Waals surface area contributed by atoms with Gasteiger partial charge in [0.05, 0.1) is 17.2 Å². The summed E-state index contributed by atoms with van der Waals surface area (Å²) in [6.07, 6.45) is 1.19. The number of benzene rings is 1. The molecule has 3 nitrogen and oxygen atoms in total. The van der Waals surface area contributed by atoms with Crippen LogP contribution in [0, 0.1) is 0 Å². The van der Waals surface area contributed by atoms with Gasteiger partial charge in [-0.05, 0) is 32.0 Å². The van der Waals surface area contributed by atoms with Gasteiger partial charge >= 0.3 is 0 Å². The topological polar surface area (TPSA) is 43.4 Å². The van der Waals surface area contributed by atoms with E-state index in [0.717, 1.165) is 4.47 Å². The van der Waals surface area contributed by atoms with Crippen LogP contribution in [0.4, 0.5) is 0 Å². The standard InChI is InChI=1S/C12H16BrClO3S/c1-4-17-11-6-5-9(13)7-10(11)12(14)8(2)18(3,15)16/h5-8,12H,4H2,1-3H3. The zero-order valence-corrected chi connectivity index (χ0v) is 13.6. The van der Waals surface area contributed by atoms with E-state index in [1.165, 1.54) is 6.26 Å². The first kappa shape index (κ1) is 15.8. The maximum Gasteiger partial charge on any atom is 0.151 e. The van der Waals surface area contributed by atoms with Crippen LogP contribution in [-0.2, 0) is 9.84 Å². The van der Waals surface area contributed by atoms with Gasteiger partial charge in [0, 0.05) is 16.3 Å². The quantitative estimate of drug-likeness (QED) is 0.759. The van der Waals surface area contributed by atoms with Crippen molar-refractivity contribution in [2.75, 3.05) is 12.9 Å². The van der Waals surface area contributed by atoms with Crippen LogP contribution < -0.4 is 4.74 Å². The molecule has 0 aliphatic carbocycles. The maximum absolute atomic E-state index is 11.6. The molecule has 0 saturated heterocycles. The van der Waals surface area contributed by atoms with E-state index in [1.807, 2.05) is 13.0 Å². The predicted octanol–water partition coefficient (Wildman–Crippen LogP) is 3.56. The fourth-order valence-corrected chi connectivity index (χ4v) is 3.18. The molecule has 0 amide bonds. The van der Waals surface area contributed by atoms with Crippen LogP contribution in [0.3, 0.4) is 0 Å². The Balaban J connectivity index is 3.18. The lowest BCUT2D eigenvalue weighted by Gasteiger charge is -2.20. The van der Waals surface area contributed by atoms with E-state index in [-0.39, 0.29) is 0 Å². The highest BCUT2D eigenvalue weighted by molar-refractivity contribution is 9.10. The lowest BCUT2D eigenvalue weighted by Crippen LogP contribution is -2.21. The molecule has 0 bridgehead atoms. The number of sulfone groups is 1. The first-order valence-corrected chi connectivity index (χ1v) is 8.71. The number of halogens is 2. The second kappa shape index (κ2) is 6.26. The Bertz CT molecular complexity index is 516. The van der Waals surface area contributed by atoms with Gasteiger partial charge in [-0.1, -0.05) is 15.9 Å². The van der Waals surface area contributed by atoms with Crippen LogP contribution in [0.5, 0.6) is 5.75 Å². The molecule has 2 unspecified atom stereocenters. The van der Waals surface area contributed by atoms with Gasteiger partial charge in [-0.15, -0.1) is 11.6 Å². The Kier molecular flexibility index (Phi) is 5.49. The maximum atomic E-state index is 11.6. The van der Waals surface area contributed by atoms with Gasteiger partial charge in [-0.3, -0.25) is 0 Å². The smallest absolute Gasteiger partial charge is 0.151 e. The van der Waals surface area contributed by atoms with Gasteiger partial charge < -0.3 is 4.74 Å². The molecule has 0 radical (unpaired) electrons. The minimum atomic E-state index is -3.20. The van der Waals surface area contributed by atoms with Crippen LogP contribution >= 0.6 is 27.5 Å². The van der Waals surface area contributed by atoms with Crippen molar-refractivity contribution in [3.63, 3.8) is 0 Å². The molecule has 1 aromatic rings. The molecule has 2 atom stereocenters. The van der Waals surface area contributed by atoms with Crippen LogP contribution in [-0.4, -0.2) is 26.5 Å². The van der Waals surface area contributed by atoms with Crippen LogP contribution in [0.1, 0.15) is 24.8 Å². The first-order chi connectivity index (χ1) is 8.27. The van der Waals surface area contributed by atoms with E-state index < -0.39 is 20.5 Å². The number of hydrogen-bond donors (Lipinski definition) is 0. The number of rotatable bonds is 5. The zero-order valence-electron chi connectivity index (χ0n) is 10.5. The zero-order chi connectivity index (χ0) is 13.9. The average molecular weight is 356 g/mol. The Labute approximate surface area is 122 Å². The summed E-state index contributed by atoms with van der Waals surface area (Å²) in [7, 11) is -3.20. The van der Waals surface area contributed by atoms with Crippen molar-refractivity contribution in [2.24, 2.45) is 0 Å². The number of ether oxygens (including phenoxy) is 1. The molecule has 18 heavy (non-hydrogen) atoms. The average Bonchev–Trinajstić information content (AvgIpc) is 2.28. The van der Waals surface area contributed by atoms with Gasteiger partial charge in [0.2, 0.25) is 0 Å². The second-order valence-corrected chi connectivity index (χ2v) is 7.84. The van der Waals surface area contributed by atoms with Gasteiger partial charge in [-0.25, -0.2) is 8.42 Å². The van der Waals surface area contributed by atoms with Gasteiger partial charge in [0.25, 0.3) is 0 Å². The lowest BCUT2D eigenvalue weighted by atomic mass is 10.1. The number of hydrogen-bond acceptors (Lipinski definition) is 3. The monoisotopic (exact) mass is 354 g/mol. The fourth-order valence-electron chi connectivity index (χ4n) is 1.49. The van der Waals surface area contributed by atoms with Gasteiger partial charge in [-0.2, -0.15) is 0 Å². The molecule has 1 rings (SSSR count). The van der Waals surface area contributed by atoms with E-state index in [9.17, 15) is 8.42 Å². The molecule has 0 heterocycles. The van der Waals surface area contributed by atoms with Crippen molar-refractivity contribution in [1.29, 1.82) is 0 Å². The third-order valence-electron chi connectivity index (χ3n) is 2.66. The van der Waals surface area contributed by atoms with Crippen molar-refractivity contribution in [3.8, 4) is 5.75 Å². The summed E-state index contributed by atoms with van der Waals surface area (Å²) in [6.45, 7) is 3.98. The van der Waals surface area contributed by atoms with Crippen molar-refractivity contribution in [3.05, 3.63) is 28.2 Å². The molecule has 1 aromatic carbocycles. The summed E-state index contributed by atoms with van der Waals surface area (Å²) < 4.78 is 29.4. The van der Waals surface area contributed by atoms with E-state index >= 15 is 0 Å². The highest BCUT2D eigenvalue weighted by atomic mass is 79.9. The highest BCUT2D eigenvalue weighted by Crippen LogP contribution is 2.36. The summed E-state index contributed by atoms with van der Waals surface area (Å²) in [5, 5.41) is -1.31. The van der Waals surface area contributed by atoms with Crippen molar-refractivity contribution < 1.29 is 13.2 Å².